The number of hydrogen-bond donors (Lipinski definition) is 0. The first kappa shape index (κ1) is 11.5. The molecule has 0 N–H and O–H groups in total. The molecule has 2 heteroatoms. The smallest absolute Gasteiger partial charge is 0.305 e. The third kappa shape index (κ3) is 5.16. The van der Waals surface area contributed by atoms with Crippen molar-refractivity contribution >= 4 is 5.97 Å². The molecule has 0 unspecified atom stereocenters. The third-order valence-electron chi connectivity index (χ3n) is 2.08. The van der Waals surface area contributed by atoms with Crippen LogP contribution in [-0.4, -0.2) is 13.1 Å². The lowest BCUT2D eigenvalue weighted by Crippen LogP contribution is -2.09. The van der Waals surface area contributed by atoms with E-state index >= 15 is 0 Å². The SMILES string of the molecule is CCCC(CCC)CC(=O)OC. The van der Waals surface area contributed by atoms with E-state index < -0.39 is 0 Å². The van der Waals surface area contributed by atoms with Gasteiger partial charge in [-0.05, 0) is 5.92 Å². The number of methoxy groups -OCH3 is 1. The summed E-state index contributed by atoms with van der Waals surface area (Å²) < 4.78 is 4.63. The highest BCUT2D eigenvalue weighted by Gasteiger charge is 2.11. The van der Waals surface area contributed by atoms with Crippen LogP contribution in [0.4, 0.5) is 0 Å². The molecule has 0 aromatic heterocycles. The van der Waals surface area contributed by atoms with Gasteiger partial charge in [0, 0.05) is 6.42 Å². The number of hydrogen-bond acceptors (Lipinski definition) is 2. The van der Waals surface area contributed by atoms with Crippen molar-refractivity contribution in [1.29, 1.82) is 0 Å². The van der Waals surface area contributed by atoms with Gasteiger partial charge in [-0.15, -0.1) is 0 Å². The molecule has 12 heavy (non-hydrogen) atoms. The Morgan fingerprint density at radius 3 is 2.08 bits per heavy atom. The monoisotopic (exact) mass is 172 g/mol. The minimum absolute atomic E-state index is 0.0677. The van der Waals surface area contributed by atoms with Crippen LogP contribution in [0.2, 0.25) is 0 Å². The molecular formula is C10H20O2. The lowest BCUT2D eigenvalue weighted by molar-refractivity contribution is -0.141. The van der Waals surface area contributed by atoms with Crippen LogP contribution < -0.4 is 0 Å². The van der Waals surface area contributed by atoms with Crippen molar-refractivity contribution in [2.75, 3.05) is 7.11 Å². The van der Waals surface area contributed by atoms with Crippen LogP contribution in [0.15, 0.2) is 0 Å². The first-order chi connectivity index (χ1) is 5.74. The maximum atomic E-state index is 10.9. The van der Waals surface area contributed by atoms with Crippen LogP contribution >= 0.6 is 0 Å². The summed E-state index contributed by atoms with van der Waals surface area (Å²) in [5, 5.41) is 0. The molecule has 0 heterocycles. The van der Waals surface area contributed by atoms with Gasteiger partial charge in [0.2, 0.25) is 0 Å². The molecule has 0 saturated carbocycles. The molecule has 0 rings (SSSR count). The average Bonchev–Trinajstić information content (AvgIpc) is 2.05. The lowest BCUT2D eigenvalue weighted by atomic mass is 9.95. The number of esters is 1. The average molecular weight is 172 g/mol. The topological polar surface area (TPSA) is 26.3 Å². The van der Waals surface area contributed by atoms with Crippen molar-refractivity contribution in [3.8, 4) is 0 Å². The van der Waals surface area contributed by atoms with Gasteiger partial charge in [0.05, 0.1) is 7.11 Å². The minimum Gasteiger partial charge on any atom is -0.469 e. The molecule has 0 aromatic rings. The van der Waals surface area contributed by atoms with Gasteiger partial charge in [0.15, 0.2) is 0 Å². The van der Waals surface area contributed by atoms with Crippen LogP contribution in [-0.2, 0) is 9.53 Å². The number of ether oxygens (including phenoxy) is 1. The molecule has 72 valence electrons. The molecule has 0 atom stereocenters. The van der Waals surface area contributed by atoms with E-state index in [4.69, 9.17) is 0 Å². The van der Waals surface area contributed by atoms with E-state index in [-0.39, 0.29) is 5.97 Å². The highest BCUT2D eigenvalue weighted by Crippen LogP contribution is 2.17. The number of carbonyl (C=O) groups excluding carboxylic acids is 1. The summed E-state index contributed by atoms with van der Waals surface area (Å²) in [5.41, 5.74) is 0. The summed E-state index contributed by atoms with van der Waals surface area (Å²) in [7, 11) is 1.46. The highest BCUT2D eigenvalue weighted by atomic mass is 16.5. The van der Waals surface area contributed by atoms with Gasteiger partial charge in [0.1, 0.15) is 0 Å². The van der Waals surface area contributed by atoms with Crippen LogP contribution in [0.3, 0.4) is 0 Å². The fourth-order valence-corrected chi connectivity index (χ4v) is 1.48. The zero-order chi connectivity index (χ0) is 9.40. The molecule has 0 aliphatic heterocycles. The Morgan fingerprint density at radius 1 is 1.25 bits per heavy atom. The van der Waals surface area contributed by atoms with Crippen molar-refractivity contribution < 1.29 is 9.53 Å². The second-order valence-electron chi connectivity index (χ2n) is 3.22. The third-order valence-corrected chi connectivity index (χ3v) is 2.08. The fourth-order valence-electron chi connectivity index (χ4n) is 1.48. The van der Waals surface area contributed by atoms with E-state index in [0.29, 0.717) is 12.3 Å². The van der Waals surface area contributed by atoms with Crippen LogP contribution in [0.1, 0.15) is 46.0 Å². The van der Waals surface area contributed by atoms with E-state index in [1.54, 1.807) is 0 Å². The first-order valence-electron chi connectivity index (χ1n) is 4.81. The molecule has 2 nitrogen and oxygen atoms in total. The Balaban J connectivity index is 3.68. The lowest BCUT2D eigenvalue weighted by Gasteiger charge is -2.12. The van der Waals surface area contributed by atoms with Gasteiger partial charge in [-0.3, -0.25) is 4.79 Å². The van der Waals surface area contributed by atoms with Gasteiger partial charge < -0.3 is 4.74 Å². The Hall–Kier alpha value is -0.530. The van der Waals surface area contributed by atoms with Crippen LogP contribution in [0.5, 0.6) is 0 Å². The molecule has 0 bridgehead atoms. The van der Waals surface area contributed by atoms with Gasteiger partial charge in [-0.2, -0.15) is 0 Å². The summed E-state index contributed by atoms with van der Waals surface area (Å²) in [6.07, 6.45) is 5.19. The van der Waals surface area contributed by atoms with E-state index in [1.165, 1.54) is 7.11 Å². The zero-order valence-corrected chi connectivity index (χ0v) is 8.43. The van der Waals surface area contributed by atoms with Crippen molar-refractivity contribution in [2.45, 2.75) is 46.0 Å². The maximum absolute atomic E-state index is 10.9. The predicted molar refractivity (Wildman–Crippen MR) is 49.9 cm³/mol. The second kappa shape index (κ2) is 7.14. The Bertz CT molecular complexity index is 115. The second-order valence-corrected chi connectivity index (χ2v) is 3.22. The Kier molecular flexibility index (Phi) is 6.82. The predicted octanol–water partition coefficient (Wildman–Crippen LogP) is 2.77. The largest absolute Gasteiger partial charge is 0.469 e. The fraction of sp³-hybridized carbons (Fsp3) is 0.900. The summed E-state index contributed by atoms with van der Waals surface area (Å²) in [6, 6.07) is 0. The zero-order valence-electron chi connectivity index (χ0n) is 8.43. The maximum Gasteiger partial charge on any atom is 0.305 e. The molecule has 0 spiro atoms. The first-order valence-corrected chi connectivity index (χ1v) is 4.81. The van der Waals surface area contributed by atoms with E-state index in [1.807, 2.05) is 0 Å². The molecule has 0 aliphatic rings. The Morgan fingerprint density at radius 2 is 1.75 bits per heavy atom. The van der Waals surface area contributed by atoms with Crippen LogP contribution in [0.25, 0.3) is 0 Å². The van der Waals surface area contributed by atoms with E-state index in [2.05, 4.69) is 18.6 Å². The minimum atomic E-state index is -0.0677. The quantitative estimate of drug-likeness (QED) is 0.576. The number of rotatable bonds is 6. The summed E-state index contributed by atoms with van der Waals surface area (Å²) in [6.45, 7) is 4.31. The van der Waals surface area contributed by atoms with Gasteiger partial charge >= 0.3 is 5.97 Å². The van der Waals surface area contributed by atoms with Crippen LogP contribution in [0, 0.1) is 5.92 Å². The summed E-state index contributed by atoms with van der Waals surface area (Å²) in [5.74, 6) is 0.467. The molecule has 0 amide bonds. The molecule has 0 saturated heterocycles. The molecule has 0 aliphatic carbocycles. The summed E-state index contributed by atoms with van der Waals surface area (Å²) in [4.78, 5) is 10.9. The summed E-state index contributed by atoms with van der Waals surface area (Å²) >= 11 is 0. The van der Waals surface area contributed by atoms with E-state index in [9.17, 15) is 4.79 Å². The van der Waals surface area contributed by atoms with Crippen molar-refractivity contribution in [1.82, 2.24) is 0 Å². The van der Waals surface area contributed by atoms with Crippen molar-refractivity contribution in [2.24, 2.45) is 5.92 Å². The standard InChI is InChI=1S/C10H20O2/c1-4-6-9(7-5-2)8-10(11)12-3/h9H,4-8H2,1-3H3. The molecule has 0 aromatic carbocycles. The van der Waals surface area contributed by atoms with Gasteiger partial charge in [0.25, 0.3) is 0 Å². The number of carbonyl (C=O) groups is 1. The normalized spacial score (nSPS) is 10.3. The van der Waals surface area contributed by atoms with Crippen molar-refractivity contribution in [3.05, 3.63) is 0 Å². The Labute approximate surface area is 75.3 Å². The van der Waals surface area contributed by atoms with Crippen molar-refractivity contribution in [3.63, 3.8) is 0 Å². The highest BCUT2D eigenvalue weighted by molar-refractivity contribution is 5.69. The molecule has 0 radical (unpaired) electrons. The molecule has 0 fully saturated rings. The molecular weight excluding hydrogens is 152 g/mol. The van der Waals surface area contributed by atoms with Gasteiger partial charge in [-0.25, -0.2) is 0 Å². The van der Waals surface area contributed by atoms with E-state index in [0.717, 1.165) is 25.7 Å². The van der Waals surface area contributed by atoms with Gasteiger partial charge in [-0.1, -0.05) is 39.5 Å².